The van der Waals surface area contributed by atoms with Crippen LogP contribution in [0.5, 0.6) is 0 Å². The molecule has 0 atom stereocenters. The van der Waals surface area contributed by atoms with Crippen molar-refractivity contribution in [3.63, 3.8) is 0 Å². The first-order chi connectivity index (χ1) is 12.7. The van der Waals surface area contributed by atoms with Crippen LogP contribution in [0.25, 0.3) is 4.96 Å². The summed E-state index contributed by atoms with van der Waals surface area (Å²) in [6, 6.07) is 11.0. The van der Waals surface area contributed by atoms with E-state index in [0.29, 0.717) is 10.7 Å². The number of fused-ring (bicyclic) bond motifs is 1. The zero-order chi connectivity index (χ0) is 18.4. The third kappa shape index (κ3) is 4.92. The quantitative estimate of drug-likeness (QED) is 0.435. The van der Waals surface area contributed by atoms with Gasteiger partial charge in [0.25, 0.3) is 5.56 Å². The van der Waals surface area contributed by atoms with E-state index >= 15 is 0 Å². The Morgan fingerprint density at radius 2 is 2.12 bits per heavy atom. The van der Waals surface area contributed by atoms with Crippen LogP contribution in [0.4, 0.5) is 0 Å². The van der Waals surface area contributed by atoms with Crippen LogP contribution >= 0.6 is 23.1 Å². The Labute approximate surface area is 159 Å². The first kappa shape index (κ1) is 18.6. The maximum atomic E-state index is 12.2. The van der Waals surface area contributed by atoms with E-state index in [4.69, 9.17) is 4.74 Å². The molecule has 3 aromatic rings. The summed E-state index contributed by atoms with van der Waals surface area (Å²) in [5.41, 5.74) is 0.192. The third-order valence-electron chi connectivity index (χ3n) is 3.57. The lowest BCUT2D eigenvalue weighted by Gasteiger charge is -2.04. The number of benzene rings is 1. The first-order valence-electron chi connectivity index (χ1n) is 8.38. The van der Waals surface area contributed by atoms with Crippen LogP contribution < -0.4 is 5.56 Å². The number of unbranched alkanes of at least 4 members (excludes halogenated alkanes) is 1. The molecule has 26 heavy (non-hydrogen) atoms. The van der Waals surface area contributed by atoms with Gasteiger partial charge in [-0.3, -0.25) is 9.59 Å². The van der Waals surface area contributed by atoms with Gasteiger partial charge < -0.3 is 4.74 Å². The number of hydrogen-bond donors (Lipinski definition) is 0. The molecule has 0 aliphatic carbocycles. The molecule has 0 saturated heterocycles. The van der Waals surface area contributed by atoms with Crippen LogP contribution in [0, 0.1) is 0 Å². The minimum absolute atomic E-state index is 0.0118. The van der Waals surface area contributed by atoms with Crippen molar-refractivity contribution in [2.45, 2.75) is 37.7 Å². The predicted molar refractivity (Wildman–Crippen MR) is 103 cm³/mol. The van der Waals surface area contributed by atoms with Crippen LogP contribution in [-0.2, 0) is 22.6 Å². The Morgan fingerprint density at radius 3 is 2.88 bits per heavy atom. The number of carbonyl (C=O) groups is 1. The van der Waals surface area contributed by atoms with E-state index in [-0.39, 0.29) is 23.9 Å². The smallest absolute Gasteiger partial charge is 0.316 e. The molecule has 8 heteroatoms. The van der Waals surface area contributed by atoms with Crippen LogP contribution in [0.3, 0.4) is 0 Å². The molecular formula is C18H19N3O3S2. The maximum Gasteiger partial charge on any atom is 0.316 e. The number of aromatic nitrogens is 3. The van der Waals surface area contributed by atoms with E-state index < -0.39 is 0 Å². The van der Waals surface area contributed by atoms with Gasteiger partial charge in [0.05, 0.1) is 11.4 Å². The molecular weight excluding hydrogens is 370 g/mol. The number of thioether (sulfide) groups is 1. The standard InChI is InChI=1S/C18H19N3O3S2/c1-2-3-9-15-20-21-16(22)10-13(19-18(21)26-15)11-24-17(23)12-25-14-7-5-4-6-8-14/h4-8,10H,2-3,9,11-12H2,1H3. The van der Waals surface area contributed by atoms with Gasteiger partial charge in [-0.05, 0) is 18.6 Å². The van der Waals surface area contributed by atoms with Crippen molar-refractivity contribution in [1.29, 1.82) is 0 Å². The zero-order valence-corrected chi connectivity index (χ0v) is 16.0. The SMILES string of the molecule is CCCCc1nn2c(=O)cc(COC(=O)CSc3ccccc3)nc2s1. The van der Waals surface area contributed by atoms with Gasteiger partial charge in [-0.1, -0.05) is 42.9 Å². The molecule has 0 aliphatic heterocycles. The van der Waals surface area contributed by atoms with Crippen LogP contribution in [0.15, 0.2) is 46.1 Å². The van der Waals surface area contributed by atoms with Gasteiger partial charge in [-0.15, -0.1) is 11.8 Å². The largest absolute Gasteiger partial charge is 0.459 e. The summed E-state index contributed by atoms with van der Waals surface area (Å²) in [6.07, 6.45) is 2.93. The molecule has 6 nitrogen and oxygen atoms in total. The van der Waals surface area contributed by atoms with Crippen molar-refractivity contribution < 1.29 is 9.53 Å². The number of rotatable bonds is 8. The lowest BCUT2D eigenvalue weighted by atomic mass is 10.3. The number of nitrogens with zero attached hydrogens (tertiary/aromatic N) is 3. The number of aryl methyl sites for hydroxylation is 1. The van der Waals surface area contributed by atoms with Crippen molar-refractivity contribution in [1.82, 2.24) is 14.6 Å². The van der Waals surface area contributed by atoms with E-state index in [1.165, 1.54) is 33.7 Å². The van der Waals surface area contributed by atoms with Crippen LogP contribution in [0.1, 0.15) is 30.5 Å². The Morgan fingerprint density at radius 1 is 1.31 bits per heavy atom. The fourth-order valence-electron chi connectivity index (χ4n) is 2.25. The molecule has 0 saturated carbocycles. The molecule has 2 aromatic heterocycles. The van der Waals surface area contributed by atoms with Gasteiger partial charge in [-0.2, -0.15) is 9.61 Å². The highest BCUT2D eigenvalue weighted by molar-refractivity contribution is 8.00. The van der Waals surface area contributed by atoms with Crippen LogP contribution in [0.2, 0.25) is 0 Å². The summed E-state index contributed by atoms with van der Waals surface area (Å²) in [7, 11) is 0. The van der Waals surface area contributed by atoms with Gasteiger partial charge in [0.1, 0.15) is 11.6 Å². The van der Waals surface area contributed by atoms with E-state index in [1.807, 2.05) is 30.3 Å². The molecule has 2 heterocycles. The van der Waals surface area contributed by atoms with Crippen LogP contribution in [-0.4, -0.2) is 26.3 Å². The van der Waals surface area contributed by atoms with E-state index in [1.54, 1.807) is 0 Å². The topological polar surface area (TPSA) is 73.6 Å². The van der Waals surface area contributed by atoms with Crippen molar-refractivity contribution in [3.8, 4) is 0 Å². The lowest BCUT2D eigenvalue weighted by molar-refractivity contribution is -0.141. The minimum Gasteiger partial charge on any atom is -0.459 e. The fourth-order valence-corrected chi connectivity index (χ4v) is 3.93. The normalized spacial score (nSPS) is 11.0. The molecule has 1 aromatic carbocycles. The summed E-state index contributed by atoms with van der Waals surface area (Å²) in [6.45, 7) is 2.10. The van der Waals surface area contributed by atoms with Crippen molar-refractivity contribution in [2.24, 2.45) is 0 Å². The number of hydrogen-bond acceptors (Lipinski definition) is 7. The van der Waals surface area contributed by atoms with E-state index in [9.17, 15) is 9.59 Å². The molecule has 0 spiro atoms. The zero-order valence-electron chi connectivity index (χ0n) is 14.4. The van der Waals surface area contributed by atoms with Gasteiger partial charge in [0.15, 0.2) is 0 Å². The predicted octanol–water partition coefficient (Wildman–Crippen LogP) is 3.33. The highest BCUT2D eigenvalue weighted by Crippen LogP contribution is 2.17. The summed E-state index contributed by atoms with van der Waals surface area (Å²) < 4.78 is 6.55. The summed E-state index contributed by atoms with van der Waals surface area (Å²) >= 11 is 2.82. The van der Waals surface area contributed by atoms with Crippen molar-refractivity contribution >= 4 is 34.0 Å². The van der Waals surface area contributed by atoms with Gasteiger partial charge in [-0.25, -0.2) is 4.98 Å². The van der Waals surface area contributed by atoms with Crippen molar-refractivity contribution in [3.05, 3.63) is 57.5 Å². The molecule has 0 aliphatic rings. The van der Waals surface area contributed by atoms with E-state index in [2.05, 4.69) is 17.0 Å². The van der Waals surface area contributed by atoms with Crippen molar-refractivity contribution in [2.75, 3.05) is 5.75 Å². The highest BCUT2D eigenvalue weighted by Gasteiger charge is 2.11. The average molecular weight is 390 g/mol. The maximum absolute atomic E-state index is 12.2. The molecule has 3 rings (SSSR count). The molecule has 0 radical (unpaired) electrons. The highest BCUT2D eigenvalue weighted by atomic mass is 32.2. The monoisotopic (exact) mass is 389 g/mol. The summed E-state index contributed by atoms with van der Waals surface area (Å²) in [5.74, 6) is -0.124. The molecule has 0 N–H and O–H groups in total. The Bertz CT molecular complexity index is 938. The number of ether oxygens (including phenoxy) is 1. The first-order valence-corrected chi connectivity index (χ1v) is 10.2. The molecule has 136 valence electrons. The second kappa shape index (κ2) is 8.95. The number of carbonyl (C=O) groups excluding carboxylic acids is 1. The summed E-state index contributed by atoms with van der Waals surface area (Å²) in [4.78, 5) is 30.0. The molecule has 0 amide bonds. The van der Waals surface area contributed by atoms with Gasteiger partial charge in [0.2, 0.25) is 4.96 Å². The van der Waals surface area contributed by atoms with E-state index in [0.717, 1.165) is 29.2 Å². The Balaban J connectivity index is 1.59. The Kier molecular flexibility index (Phi) is 6.40. The second-order valence-corrected chi connectivity index (χ2v) is 7.73. The van der Waals surface area contributed by atoms with Gasteiger partial charge >= 0.3 is 5.97 Å². The lowest BCUT2D eigenvalue weighted by Crippen LogP contribution is -2.17. The van der Waals surface area contributed by atoms with Gasteiger partial charge in [0, 0.05) is 17.4 Å². The Hall–Kier alpha value is -2.19. The second-order valence-electron chi connectivity index (χ2n) is 5.64. The molecule has 0 unspecified atom stereocenters. The molecule has 0 bridgehead atoms. The number of esters is 1. The molecule has 0 fully saturated rings. The summed E-state index contributed by atoms with van der Waals surface area (Å²) in [5, 5.41) is 5.19. The minimum atomic E-state index is -0.339. The third-order valence-corrected chi connectivity index (χ3v) is 5.52. The fraction of sp³-hybridized carbons (Fsp3) is 0.333. The average Bonchev–Trinajstić information content (AvgIpc) is 3.07.